The molecule has 0 aliphatic heterocycles. The number of urea groups is 1. The van der Waals surface area contributed by atoms with Gasteiger partial charge < -0.3 is 15.4 Å². The summed E-state index contributed by atoms with van der Waals surface area (Å²) in [5, 5.41) is 8.12. The molecule has 20 heavy (non-hydrogen) atoms. The third-order valence-corrected chi connectivity index (χ3v) is 4.02. The number of benzene rings is 1. The van der Waals surface area contributed by atoms with Gasteiger partial charge in [-0.1, -0.05) is 17.7 Å². The number of thiophene rings is 1. The number of halogens is 1. The molecule has 0 saturated carbocycles. The molecule has 2 rings (SSSR count). The molecule has 0 radical (unpaired) electrons. The van der Waals surface area contributed by atoms with Crippen LogP contribution in [0.1, 0.15) is 17.8 Å². The number of amides is 2. The third-order valence-electron chi connectivity index (χ3n) is 2.73. The molecule has 1 heterocycles. The highest BCUT2D eigenvalue weighted by Gasteiger charge is 2.12. The Balaban J connectivity index is 2.03. The lowest BCUT2D eigenvalue weighted by Gasteiger charge is -2.15. The Bertz CT molecular complexity index is 587. The van der Waals surface area contributed by atoms with Gasteiger partial charge in [0.15, 0.2) is 0 Å². The summed E-state index contributed by atoms with van der Waals surface area (Å²) < 4.78 is 5.18. The van der Waals surface area contributed by atoms with Crippen LogP contribution in [0.25, 0.3) is 0 Å². The van der Waals surface area contributed by atoms with Crippen LogP contribution in [0.2, 0.25) is 5.02 Å². The largest absolute Gasteiger partial charge is 0.495 e. The predicted molar refractivity (Wildman–Crippen MR) is 82.9 cm³/mol. The molecule has 6 heteroatoms. The summed E-state index contributed by atoms with van der Waals surface area (Å²) in [6, 6.07) is 8.64. The fourth-order valence-electron chi connectivity index (χ4n) is 1.74. The zero-order valence-electron chi connectivity index (χ0n) is 11.1. The van der Waals surface area contributed by atoms with E-state index >= 15 is 0 Å². The number of hydrogen-bond donors (Lipinski definition) is 2. The van der Waals surface area contributed by atoms with Crippen LogP contribution in [0.5, 0.6) is 5.75 Å². The number of ether oxygens (including phenoxy) is 1. The second-order valence-corrected chi connectivity index (χ2v) is 5.60. The molecule has 0 fully saturated rings. The molecule has 0 aliphatic rings. The minimum atomic E-state index is -0.300. The van der Waals surface area contributed by atoms with E-state index in [1.807, 2.05) is 24.4 Å². The number of carbonyl (C=O) groups excluding carboxylic acids is 1. The normalized spacial score (nSPS) is 11.8. The molecular weight excluding hydrogens is 296 g/mol. The quantitative estimate of drug-likeness (QED) is 0.885. The van der Waals surface area contributed by atoms with Crippen LogP contribution in [0, 0.1) is 0 Å². The summed E-state index contributed by atoms with van der Waals surface area (Å²) in [5.74, 6) is 0.563. The van der Waals surface area contributed by atoms with Crippen molar-refractivity contribution in [1.82, 2.24) is 5.32 Å². The van der Waals surface area contributed by atoms with Crippen molar-refractivity contribution >= 4 is 34.7 Å². The Kier molecular flexibility index (Phi) is 4.87. The van der Waals surface area contributed by atoms with Crippen molar-refractivity contribution in [3.8, 4) is 5.75 Å². The van der Waals surface area contributed by atoms with E-state index in [2.05, 4.69) is 10.6 Å². The van der Waals surface area contributed by atoms with Gasteiger partial charge in [0, 0.05) is 9.90 Å². The van der Waals surface area contributed by atoms with E-state index in [0.717, 1.165) is 4.88 Å². The number of anilines is 1. The van der Waals surface area contributed by atoms with Crippen molar-refractivity contribution in [2.24, 2.45) is 0 Å². The van der Waals surface area contributed by atoms with E-state index in [1.165, 1.54) is 0 Å². The second-order valence-electron chi connectivity index (χ2n) is 4.18. The van der Waals surface area contributed by atoms with Crippen molar-refractivity contribution in [3.05, 3.63) is 45.6 Å². The third kappa shape index (κ3) is 3.65. The summed E-state index contributed by atoms with van der Waals surface area (Å²) >= 11 is 7.52. The lowest BCUT2D eigenvalue weighted by atomic mass is 10.2. The lowest BCUT2D eigenvalue weighted by Crippen LogP contribution is -2.30. The monoisotopic (exact) mass is 310 g/mol. The second kappa shape index (κ2) is 6.63. The Morgan fingerprint density at radius 2 is 2.20 bits per heavy atom. The molecule has 2 amide bonds. The maximum Gasteiger partial charge on any atom is 0.319 e. The zero-order valence-corrected chi connectivity index (χ0v) is 12.7. The molecule has 0 bridgehead atoms. The van der Waals surface area contributed by atoms with Gasteiger partial charge >= 0.3 is 6.03 Å². The highest BCUT2D eigenvalue weighted by atomic mass is 35.5. The Hall–Kier alpha value is -1.72. The summed E-state index contributed by atoms with van der Waals surface area (Å²) in [6.45, 7) is 1.93. The minimum absolute atomic E-state index is 0.0554. The molecule has 2 N–H and O–H groups in total. The van der Waals surface area contributed by atoms with E-state index in [9.17, 15) is 4.79 Å². The van der Waals surface area contributed by atoms with E-state index in [0.29, 0.717) is 16.5 Å². The highest BCUT2D eigenvalue weighted by molar-refractivity contribution is 7.10. The molecular formula is C14H15ClN2O2S. The van der Waals surface area contributed by atoms with Crippen LogP contribution in [0.3, 0.4) is 0 Å². The lowest BCUT2D eigenvalue weighted by molar-refractivity contribution is 0.249. The number of methoxy groups -OCH3 is 1. The number of carbonyl (C=O) groups is 1. The maximum atomic E-state index is 12.0. The fourth-order valence-corrected chi connectivity index (χ4v) is 2.65. The number of rotatable bonds is 4. The van der Waals surface area contributed by atoms with Gasteiger partial charge in [-0.15, -0.1) is 11.3 Å². The summed E-state index contributed by atoms with van der Waals surface area (Å²) in [6.07, 6.45) is 0. The molecule has 1 aromatic carbocycles. The standard InChI is InChI=1S/C14H15ClN2O2S/c1-9(13-4-3-7-20-13)16-14(18)17-11-8-10(15)5-6-12(11)19-2/h3-9H,1-2H3,(H2,16,17,18). The van der Waals surface area contributed by atoms with Crippen molar-refractivity contribution in [2.75, 3.05) is 12.4 Å². The number of hydrogen-bond acceptors (Lipinski definition) is 3. The van der Waals surface area contributed by atoms with E-state index in [-0.39, 0.29) is 12.1 Å². The summed E-state index contributed by atoms with van der Waals surface area (Å²) in [5.41, 5.74) is 0.538. The van der Waals surface area contributed by atoms with Crippen LogP contribution >= 0.6 is 22.9 Å². The molecule has 106 valence electrons. The maximum absolute atomic E-state index is 12.0. The molecule has 1 aromatic heterocycles. The summed E-state index contributed by atoms with van der Waals surface area (Å²) in [7, 11) is 1.54. The van der Waals surface area contributed by atoms with Crippen LogP contribution in [0.4, 0.5) is 10.5 Å². The van der Waals surface area contributed by atoms with Gasteiger partial charge in [-0.2, -0.15) is 0 Å². The number of nitrogens with one attached hydrogen (secondary N) is 2. The highest BCUT2D eigenvalue weighted by Crippen LogP contribution is 2.27. The van der Waals surface area contributed by atoms with Crippen molar-refractivity contribution in [2.45, 2.75) is 13.0 Å². The molecule has 2 aromatic rings. The molecule has 4 nitrogen and oxygen atoms in total. The average molecular weight is 311 g/mol. The fraction of sp³-hybridized carbons (Fsp3) is 0.214. The van der Waals surface area contributed by atoms with Crippen LogP contribution in [-0.2, 0) is 0 Å². The Morgan fingerprint density at radius 1 is 1.40 bits per heavy atom. The first-order chi connectivity index (χ1) is 9.60. The first-order valence-electron chi connectivity index (χ1n) is 6.04. The molecule has 0 spiro atoms. The van der Waals surface area contributed by atoms with Gasteiger partial charge in [0.2, 0.25) is 0 Å². The Labute approximate surface area is 126 Å². The molecule has 1 unspecified atom stereocenters. The van der Waals surface area contributed by atoms with Gasteiger partial charge in [-0.25, -0.2) is 4.79 Å². The molecule has 0 aliphatic carbocycles. The smallest absolute Gasteiger partial charge is 0.319 e. The van der Waals surface area contributed by atoms with Gasteiger partial charge in [-0.05, 0) is 36.6 Å². The van der Waals surface area contributed by atoms with Gasteiger partial charge in [0.25, 0.3) is 0 Å². The SMILES string of the molecule is COc1ccc(Cl)cc1NC(=O)NC(C)c1cccs1. The van der Waals surface area contributed by atoms with Gasteiger partial charge in [-0.3, -0.25) is 0 Å². The minimum Gasteiger partial charge on any atom is -0.495 e. The first kappa shape index (κ1) is 14.7. The first-order valence-corrected chi connectivity index (χ1v) is 7.30. The average Bonchev–Trinajstić information content (AvgIpc) is 2.92. The Morgan fingerprint density at radius 3 is 2.85 bits per heavy atom. The molecule has 0 saturated heterocycles. The summed E-state index contributed by atoms with van der Waals surface area (Å²) in [4.78, 5) is 13.1. The van der Waals surface area contributed by atoms with Crippen molar-refractivity contribution < 1.29 is 9.53 Å². The van der Waals surface area contributed by atoms with Crippen molar-refractivity contribution in [3.63, 3.8) is 0 Å². The van der Waals surface area contributed by atoms with Gasteiger partial charge in [0.1, 0.15) is 5.75 Å². The van der Waals surface area contributed by atoms with Crippen LogP contribution in [-0.4, -0.2) is 13.1 Å². The predicted octanol–water partition coefficient (Wildman–Crippen LogP) is 4.29. The van der Waals surface area contributed by atoms with Crippen LogP contribution in [0.15, 0.2) is 35.7 Å². The zero-order chi connectivity index (χ0) is 14.5. The van der Waals surface area contributed by atoms with E-state index in [4.69, 9.17) is 16.3 Å². The topological polar surface area (TPSA) is 50.4 Å². The van der Waals surface area contributed by atoms with Crippen LogP contribution < -0.4 is 15.4 Å². The van der Waals surface area contributed by atoms with Gasteiger partial charge in [0.05, 0.1) is 18.8 Å². The molecule has 1 atom stereocenters. The van der Waals surface area contributed by atoms with E-state index in [1.54, 1.807) is 36.6 Å². The van der Waals surface area contributed by atoms with E-state index < -0.39 is 0 Å². The van der Waals surface area contributed by atoms with Crippen molar-refractivity contribution in [1.29, 1.82) is 0 Å².